The summed E-state index contributed by atoms with van der Waals surface area (Å²) in [6, 6.07) is 5.34. The highest BCUT2D eigenvalue weighted by Crippen LogP contribution is 2.33. The summed E-state index contributed by atoms with van der Waals surface area (Å²) in [7, 11) is 3.40. The van der Waals surface area contributed by atoms with Gasteiger partial charge in [-0.25, -0.2) is 0 Å². The molecule has 0 spiro atoms. The number of carbonyl (C=O) groups is 1. The quantitative estimate of drug-likeness (QED) is 0.744. The van der Waals surface area contributed by atoms with E-state index in [-0.39, 0.29) is 17.5 Å². The third-order valence-corrected chi connectivity index (χ3v) is 6.22. The Hall–Kier alpha value is -3.03. The molecule has 2 aliphatic rings. The lowest BCUT2D eigenvalue weighted by Crippen LogP contribution is -2.46. The smallest absolute Gasteiger partial charge is 0.371 e. The van der Waals surface area contributed by atoms with Gasteiger partial charge in [0.1, 0.15) is 0 Å². The van der Waals surface area contributed by atoms with Gasteiger partial charge in [0.15, 0.2) is 0 Å². The monoisotopic (exact) mass is 431 g/mol. The van der Waals surface area contributed by atoms with Crippen molar-refractivity contribution in [2.75, 3.05) is 25.0 Å². The summed E-state index contributed by atoms with van der Waals surface area (Å²) >= 11 is 0. The molecule has 1 amide bonds. The largest absolute Gasteiger partial charge is 0.416 e. The third kappa shape index (κ3) is 3.98. The van der Waals surface area contributed by atoms with Gasteiger partial charge in [0.05, 0.1) is 11.1 Å². The molecular weight excluding hydrogens is 407 g/mol. The lowest BCUT2D eigenvalue weighted by Gasteiger charge is -2.38. The first kappa shape index (κ1) is 21.2. The van der Waals surface area contributed by atoms with E-state index in [2.05, 4.69) is 0 Å². The van der Waals surface area contributed by atoms with Crippen molar-refractivity contribution in [3.63, 3.8) is 0 Å². The van der Waals surface area contributed by atoms with E-state index in [1.54, 1.807) is 31.3 Å². The van der Waals surface area contributed by atoms with Crippen LogP contribution in [0.1, 0.15) is 39.9 Å². The minimum Gasteiger partial charge on any atom is -0.371 e. The van der Waals surface area contributed by atoms with E-state index >= 15 is 0 Å². The van der Waals surface area contributed by atoms with Crippen molar-refractivity contribution >= 4 is 17.7 Å². The fourth-order valence-corrected chi connectivity index (χ4v) is 4.41. The number of carbonyl (C=O) groups excluding carboxylic acids is 1. The number of aromatic nitrogens is 1. The highest BCUT2D eigenvalue weighted by molar-refractivity contribution is 5.98. The second-order valence-electron chi connectivity index (χ2n) is 8.14. The Labute approximate surface area is 178 Å². The summed E-state index contributed by atoms with van der Waals surface area (Å²) in [6.45, 7) is 1.13. The first-order valence-electron chi connectivity index (χ1n) is 10.2. The van der Waals surface area contributed by atoms with Gasteiger partial charge in [-0.05, 0) is 43.0 Å². The van der Waals surface area contributed by atoms with Crippen LogP contribution in [-0.4, -0.2) is 41.6 Å². The summed E-state index contributed by atoms with van der Waals surface area (Å²) in [4.78, 5) is 29.1. The molecule has 4 rings (SSSR count). The topological polar surface area (TPSA) is 45.6 Å². The van der Waals surface area contributed by atoms with Crippen molar-refractivity contribution < 1.29 is 18.0 Å². The van der Waals surface area contributed by atoms with Crippen molar-refractivity contribution in [3.8, 4) is 0 Å². The number of hydrogen-bond acceptors (Lipinski definition) is 3. The van der Waals surface area contributed by atoms with Gasteiger partial charge in [-0.15, -0.1) is 0 Å². The highest BCUT2D eigenvalue weighted by atomic mass is 19.4. The fourth-order valence-electron chi connectivity index (χ4n) is 4.41. The number of piperidine rings is 1. The number of nitrogens with zero attached hydrogens (tertiary/aromatic N) is 3. The molecule has 2 heterocycles. The Balaban J connectivity index is 1.47. The molecule has 0 unspecified atom stereocenters. The molecule has 1 fully saturated rings. The van der Waals surface area contributed by atoms with Crippen LogP contribution < -0.4 is 10.5 Å². The number of aryl methyl sites for hydroxylation is 1. The maximum absolute atomic E-state index is 13.2. The van der Waals surface area contributed by atoms with Crippen molar-refractivity contribution in [1.82, 2.24) is 9.47 Å². The molecule has 0 N–H and O–H groups in total. The molecular formula is C23H24F3N3O2. The van der Waals surface area contributed by atoms with Crippen molar-refractivity contribution in [2.24, 2.45) is 7.05 Å². The fraction of sp³-hybridized carbons (Fsp3) is 0.391. The summed E-state index contributed by atoms with van der Waals surface area (Å²) < 4.78 is 40.5. The van der Waals surface area contributed by atoms with Crippen LogP contribution in [0.25, 0.3) is 6.08 Å². The molecule has 0 saturated carbocycles. The molecule has 0 bridgehead atoms. The van der Waals surface area contributed by atoms with Gasteiger partial charge in [-0.3, -0.25) is 9.59 Å². The molecule has 2 aromatic rings. The number of alkyl halides is 3. The minimum absolute atomic E-state index is 0.0205. The zero-order valence-electron chi connectivity index (χ0n) is 17.4. The lowest BCUT2D eigenvalue weighted by atomic mass is 10.00. The summed E-state index contributed by atoms with van der Waals surface area (Å²) in [5.41, 5.74) is 1.64. The van der Waals surface area contributed by atoms with Crippen LogP contribution in [0.5, 0.6) is 0 Å². The van der Waals surface area contributed by atoms with E-state index in [9.17, 15) is 22.8 Å². The van der Waals surface area contributed by atoms with Gasteiger partial charge < -0.3 is 14.4 Å². The SMILES string of the molecule is CN(C(=O)c1cn(C)c(=O)c2c1C=CC2)C1CCN(c2cccc(C(F)(F)F)c2)CC1. The molecule has 0 radical (unpaired) electrons. The number of amides is 1. The van der Waals surface area contributed by atoms with E-state index in [1.807, 2.05) is 17.1 Å². The first-order valence-corrected chi connectivity index (χ1v) is 10.2. The summed E-state index contributed by atoms with van der Waals surface area (Å²) in [5.74, 6) is -0.143. The number of anilines is 1. The van der Waals surface area contributed by atoms with E-state index in [0.717, 1.165) is 6.07 Å². The number of allylic oxidation sites excluding steroid dienone is 1. The van der Waals surface area contributed by atoms with Crippen LogP contribution in [0.2, 0.25) is 0 Å². The number of benzene rings is 1. The molecule has 8 heteroatoms. The van der Waals surface area contributed by atoms with Gasteiger partial charge in [0, 0.05) is 50.7 Å². The van der Waals surface area contributed by atoms with E-state index < -0.39 is 11.7 Å². The molecule has 1 aromatic carbocycles. The predicted molar refractivity (Wildman–Crippen MR) is 113 cm³/mol. The Bertz CT molecular complexity index is 1100. The lowest BCUT2D eigenvalue weighted by molar-refractivity contribution is -0.137. The van der Waals surface area contributed by atoms with Crippen LogP contribution in [0.15, 0.2) is 41.3 Å². The van der Waals surface area contributed by atoms with Gasteiger partial charge in [-0.2, -0.15) is 13.2 Å². The second-order valence-corrected chi connectivity index (χ2v) is 8.14. The maximum atomic E-state index is 13.2. The second kappa shape index (κ2) is 7.90. The number of fused-ring (bicyclic) bond motifs is 1. The Kier molecular flexibility index (Phi) is 5.41. The molecule has 5 nitrogen and oxygen atoms in total. The molecule has 31 heavy (non-hydrogen) atoms. The van der Waals surface area contributed by atoms with Gasteiger partial charge >= 0.3 is 6.18 Å². The molecule has 1 aliphatic carbocycles. The average molecular weight is 431 g/mol. The maximum Gasteiger partial charge on any atom is 0.416 e. The van der Waals surface area contributed by atoms with Gasteiger partial charge in [0.25, 0.3) is 11.5 Å². The van der Waals surface area contributed by atoms with Crippen LogP contribution >= 0.6 is 0 Å². The number of pyridine rings is 1. The number of rotatable bonds is 3. The predicted octanol–water partition coefficient (Wildman–Crippen LogP) is 3.71. The highest BCUT2D eigenvalue weighted by Gasteiger charge is 2.32. The van der Waals surface area contributed by atoms with Crippen LogP contribution in [-0.2, 0) is 19.6 Å². The normalized spacial score (nSPS) is 16.5. The molecule has 164 valence electrons. The zero-order valence-corrected chi connectivity index (χ0v) is 17.4. The van der Waals surface area contributed by atoms with Gasteiger partial charge in [0.2, 0.25) is 0 Å². The van der Waals surface area contributed by atoms with Gasteiger partial charge in [-0.1, -0.05) is 18.2 Å². The number of halogens is 3. The Morgan fingerprint density at radius 1 is 1.19 bits per heavy atom. The molecule has 1 aliphatic heterocycles. The summed E-state index contributed by atoms with van der Waals surface area (Å²) in [6.07, 6.45) is 2.77. The minimum atomic E-state index is -4.37. The standard InChI is InChI=1S/C23H24F3N3O2/c1-27-14-20(18-7-4-8-19(18)21(27)30)22(31)28(2)16-9-11-29(12-10-16)17-6-3-5-15(13-17)23(24,25)26/h3-7,13-14,16H,8-12H2,1-2H3. The number of hydrogen-bond donors (Lipinski definition) is 0. The first-order chi connectivity index (χ1) is 14.7. The molecule has 1 saturated heterocycles. The average Bonchev–Trinajstić information content (AvgIpc) is 3.25. The van der Waals surface area contributed by atoms with Crippen LogP contribution in [0.4, 0.5) is 18.9 Å². The Morgan fingerprint density at radius 3 is 2.58 bits per heavy atom. The van der Waals surface area contributed by atoms with Crippen molar-refractivity contribution in [2.45, 2.75) is 31.5 Å². The zero-order chi connectivity index (χ0) is 22.3. The van der Waals surface area contributed by atoms with Crippen molar-refractivity contribution in [3.05, 3.63) is 69.1 Å². The van der Waals surface area contributed by atoms with E-state index in [1.165, 1.54) is 16.7 Å². The third-order valence-electron chi connectivity index (χ3n) is 6.22. The van der Waals surface area contributed by atoms with Crippen LogP contribution in [0.3, 0.4) is 0 Å². The van der Waals surface area contributed by atoms with E-state index in [0.29, 0.717) is 54.7 Å². The summed E-state index contributed by atoms with van der Waals surface area (Å²) in [5, 5.41) is 0. The van der Waals surface area contributed by atoms with E-state index in [4.69, 9.17) is 0 Å². The van der Waals surface area contributed by atoms with Crippen molar-refractivity contribution in [1.29, 1.82) is 0 Å². The Morgan fingerprint density at radius 2 is 1.90 bits per heavy atom. The molecule has 1 aromatic heterocycles. The molecule has 0 atom stereocenters. The van der Waals surface area contributed by atoms with Crippen LogP contribution in [0, 0.1) is 0 Å².